The molecule has 2 aliphatic rings. The van der Waals surface area contributed by atoms with Crippen LogP contribution in [0, 0.1) is 0 Å². The average molecular weight is 521 g/mol. The molecule has 3 atom stereocenters. The fourth-order valence-electron chi connectivity index (χ4n) is 4.40. The van der Waals surface area contributed by atoms with Crippen molar-refractivity contribution in [2.45, 2.75) is 89.5 Å². The van der Waals surface area contributed by atoms with E-state index in [-0.39, 0.29) is 16.8 Å². The van der Waals surface area contributed by atoms with Gasteiger partial charge in [0.15, 0.2) is 0 Å². The summed E-state index contributed by atoms with van der Waals surface area (Å²) in [6.45, 7) is 16.2. The third kappa shape index (κ3) is 7.41. The van der Waals surface area contributed by atoms with Crippen LogP contribution in [0.25, 0.3) is 0 Å². The van der Waals surface area contributed by atoms with E-state index in [4.69, 9.17) is 23.2 Å². The van der Waals surface area contributed by atoms with E-state index in [1.165, 1.54) is 5.57 Å². The first-order chi connectivity index (χ1) is 16.8. The maximum absolute atomic E-state index is 6.44. The molecule has 1 aliphatic carbocycles. The van der Waals surface area contributed by atoms with Crippen molar-refractivity contribution >= 4 is 29.4 Å². The van der Waals surface area contributed by atoms with Crippen molar-refractivity contribution < 1.29 is 0 Å². The largest absolute Gasteiger partial charge is 0.317 e. The van der Waals surface area contributed by atoms with Gasteiger partial charge in [-0.2, -0.15) is 0 Å². The highest BCUT2D eigenvalue weighted by Gasteiger charge is 2.50. The minimum Gasteiger partial charge on any atom is -0.317 e. The number of alkyl halides is 1. The Hall–Kier alpha value is -1.69. The molecule has 7 heteroatoms. The second-order valence-corrected chi connectivity index (χ2v) is 10.1. The number of hydrogen-bond acceptors (Lipinski definition) is 4. The molecule has 0 saturated heterocycles. The molecular weight excluding hydrogens is 477 g/mol. The lowest BCUT2D eigenvalue weighted by molar-refractivity contribution is 0.498. The number of aliphatic imine (C=N–C) groups is 1. The Labute approximate surface area is 222 Å². The third-order valence-corrected chi connectivity index (χ3v) is 7.68. The Balaban J connectivity index is 0.00000210. The summed E-state index contributed by atoms with van der Waals surface area (Å²) in [6.07, 6.45) is 15.2. The number of nitrogens with one attached hydrogen (secondary N) is 1. The van der Waals surface area contributed by atoms with Gasteiger partial charge in [0.1, 0.15) is 11.6 Å². The second-order valence-electron chi connectivity index (χ2n) is 9.16. The van der Waals surface area contributed by atoms with E-state index in [0.717, 1.165) is 60.9 Å². The summed E-state index contributed by atoms with van der Waals surface area (Å²) in [5, 5.41) is 13.3. The fraction of sp³-hybridized carbons (Fsp3) is 0.607. The molecule has 0 radical (unpaired) electrons. The van der Waals surface area contributed by atoms with Gasteiger partial charge in [-0.05, 0) is 64.1 Å². The molecule has 3 rings (SSSR count). The SMILES string of the molecule is C=C(/C=C\C/C(C)=C\C)C1(c2nnc(C(CC)CCNC3C(Cl)=CCN=CC3Cl)n2C)CC1.CC. The Morgan fingerprint density at radius 3 is 2.69 bits per heavy atom. The van der Waals surface area contributed by atoms with E-state index in [0.29, 0.717) is 12.5 Å². The smallest absolute Gasteiger partial charge is 0.143 e. The molecule has 1 fully saturated rings. The topological polar surface area (TPSA) is 55.1 Å². The van der Waals surface area contributed by atoms with Gasteiger partial charge < -0.3 is 9.88 Å². The van der Waals surface area contributed by atoms with Crippen LogP contribution in [0.1, 0.15) is 84.3 Å². The highest BCUT2D eigenvalue weighted by Crippen LogP contribution is 2.53. The summed E-state index contributed by atoms with van der Waals surface area (Å²) in [5.74, 6) is 2.37. The van der Waals surface area contributed by atoms with Crippen LogP contribution < -0.4 is 5.32 Å². The third-order valence-electron chi connectivity index (χ3n) is 6.92. The molecule has 3 unspecified atom stereocenters. The van der Waals surface area contributed by atoms with Crippen molar-refractivity contribution in [3.05, 3.63) is 58.7 Å². The molecule has 1 aliphatic heterocycles. The maximum Gasteiger partial charge on any atom is 0.143 e. The minimum atomic E-state index is -0.247. The molecule has 1 aromatic heterocycles. The fourth-order valence-corrected chi connectivity index (χ4v) is 5.05. The molecule has 1 saturated carbocycles. The minimum absolute atomic E-state index is 0.0687. The van der Waals surface area contributed by atoms with Crippen LogP contribution >= 0.6 is 23.2 Å². The van der Waals surface area contributed by atoms with Crippen LogP contribution in [0.15, 0.2) is 52.1 Å². The van der Waals surface area contributed by atoms with E-state index in [2.05, 4.69) is 77.7 Å². The lowest BCUT2D eigenvalue weighted by Crippen LogP contribution is -2.39. The molecule has 1 N–H and O–H groups in total. The van der Waals surface area contributed by atoms with Crippen LogP contribution in [0.4, 0.5) is 0 Å². The van der Waals surface area contributed by atoms with Crippen molar-refractivity contribution in [2.24, 2.45) is 12.0 Å². The number of nitrogens with zero attached hydrogens (tertiary/aromatic N) is 4. The number of aromatic nitrogens is 3. The monoisotopic (exact) mass is 519 g/mol. The van der Waals surface area contributed by atoms with Crippen molar-refractivity contribution in [1.29, 1.82) is 0 Å². The zero-order valence-corrected chi connectivity index (χ0v) is 23.8. The summed E-state index contributed by atoms with van der Waals surface area (Å²) in [7, 11) is 2.10. The van der Waals surface area contributed by atoms with Gasteiger partial charge in [0, 0.05) is 24.2 Å². The van der Waals surface area contributed by atoms with Crippen molar-refractivity contribution in [3.8, 4) is 0 Å². The predicted molar refractivity (Wildman–Crippen MR) is 152 cm³/mol. The Bertz CT molecular complexity index is 953. The van der Waals surface area contributed by atoms with Gasteiger partial charge in [-0.15, -0.1) is 21.8 Å². The predicted octanol–water partition coefficient (Wildman–Crippen LogP) is 7.00. The highest BCUT2D eigenvalue weighted by molar-refractivity contribution is 6.34. The zero-order chi connectivity index (χ0) is 26.0. The van der Waals surface area contributed by atoms with Crippen molar-refractivity contribution in [2.75, 3.05) is 13.1 Å². The molecule has 0 aromatic carbocycles. The van der Waals surface area contributed by atoms with Gasteiger partial charge >= 0.3 is 0 Å². The molecule has 0 amide bonds. The summed E-state index contributed by atoms with van der Waals surface area (Å²) in [4.78, 5) is 4.25. The molecule has 1 aromatic rings. The van der Waals surface area contributed by atoms with Gasteiger partial charge in [-0.1, -0.05) is 62.8 Å². The number of rotatable bonds is 11. The standard InChI is InChI=1S/C26H37Cl2N5.C2H6/c1-6-18(3)9-8-10-19(4)26(13-14-26)25-32-31-24(33(25)5)20(7-2)11-16-30-23-21(27)12-15-29-17-22(23)28;1-2/h6,8,10,12,17,20,22-23,30H,4,7,9,11,13-16H2,1-3,5H3;1-2H3/b10-8-,18-6-;. The van der Waals surface area contributed by atoms with Crippen LogP contribution in [0.5, 0.6) is 0 Å². The Morgan fingerprint density at radius 1 is 1.34 bits per heavy atom. The molecule has 194 valence electrons. The molecule has 2 heterocycles. The zero-order valence-electron chi connectivity index (χ0n) is 22.3. The first-order valence-electron chi connectivity index (χ1n) is 12.9. The van der Waals surface area contributed by atoms with Crippen LogP contribution in [-0.2, 0) is 12.5 Å². The normalized spacial score (nSPS) is 22.3. The second kappa shape index (κ2) is 14.2. The summed E-state index contributed by atoms with van der Waals surface area (Å²) in [5.41, 5.74) is 2.42. The molecule has 35 heavy (non-hydrogen) atoms. The number of halogens is 2. The summed E-state index contributed by atoms with van der Waals surface area (Å²) >= 11 is 12.9. The Kier molecular flexibility index (Phi) is 11.9. The van der Waals surface area contributed by atoms with Gasteiger partial charge in [0.25, 0.3) is 0 Å². The van der Waals surface area contributed by atoms with E-state index in [1.807, 2.05) is 19.9 Å². The highest BCUT2D eigenvalue weighted by atomic mass is 35.5. The molecule has 0 bridgehead atoms. The lowest BCUT2D eigenvalue weighted by atomic mass is 9.94. The first kappa shape index (κ1) is 29.5. The van der Waals surface area contributed by atoms with E-state index < -0.39 is 0 Å². The Morgan fingerprint density at radius 2 is 2.06 bits per heavy atom. The van der Waals surface area contributed by atoms with Crippen LogP contribution in [-0.4, -0.2) is 45.5 Å². The van der Waals surface area contributed by atoms with Crippen molar-refractivity contribution in [1.82, 2.24) is 20.1 Å². The lowest BCUT2D eigenvalue weighted by Gasteiger charge is -2.22. The molecule has 5 nitrogen and oxygen atoms in total. The maximum atomic E-state index is 6.44. The van der Waals surface area contributed by atoms with Crippen molar-refractivity contribution in [3.63, 3.8) is 0 Å². The molecule has 0 spiro atoms. The van der Waals surface area contributed by atoms with Gasteiger partial charge in [0.05, 0.1) is 23.4 Å². The van der Waals surface area contributed by atoms with Gasteiger partial charge in [-0.3, -0.25) is 4.99 Å². The van der Waals surface area contributed by atoms with Gasteiger partial charge in [-0.25, -0.2) is 0 Å². The average Bonchev–Trinajstić information content (AvgIpc) is 3.61. The number of hydrogen-bond donors (Lipinski definition) is 1. The van der Waals surface area contributed by atoms with E-state index >= 15 is 0 Å². The van der Waals surface area contributed by atoms with Crippen LogP contribution in [0.2, 0.25) is 0 Å². The van der Waals surface area contributed by atoms with Gasteiger partial charge in [0.2, 0.25) is 0 Å². The van der Waals surface area contributed by atoms with E-state index in [9.17, 15) is 0 Å². The summed E-state index contributed by atoms with van der Waals surface area (Å²) in [6, 6.07) is -0.108. The number of allylic oxidation sites excluding steroid dienone is 5. The first-order valence-corrected chi connectivity index (χ1v) is 13.8. The summed E-state index contributed by atoms with van der Waals surface area (Å²) < 4.78 is 2.20. The molecular formula is C28H43Cl2N5. The van der Waals surface area contributed by atoms with Crippen LogP contribution in [0.3, 0.4) is 0 Å². The van der Waals surface area contributed by atoms with E-state index in [1.54, 1.807) is 6.21 Å². The quantitative estimate of drug-likeness (QED) is 0.194.